The Morgan fingerprint density at radius 2 is 1.79 bits per heavy atom. The molecule has 1 aromatic heterocycles. The van der Waals surface area contributed by atoms with Crippen LogP contribution in [0.4, 0.5) is 0 Å². The van der Waals surface area contributed by atoms with E-state index in [2.05, 4.69) is 50.7 Å². The predicted molar refractivity (Wildman–Crippen MR) is 89.6 cm³/mol. The molecule has 0 saturated carbocycles. The monoisotopic (exact) mass is 298 g/mol. The van der Waals surface area contributed by atoms with Crippen LogP contribution in [0.3, 0.4) is 0 Å². The standard InChI is InChI=1S/C16H30OSSi/c1-16(2,3)19(4,5)17-12-9-7-6-8-10-15-11-13-18-14-15/h11,13-14H,6-10,12H2,1-5H3. The molecule has 0 fully saturated rings. The second kappa shape index (κ2) is 7.60. The van der Waals surface area contributed by atoms with E-state index in [0.717, 1.165) is 6.61 Å². The van der Waals surface area contributed by atoms with Gasteiger partial charge in [-0.2, -0.15) is 11.3 Å². The zero-order valence-corrected chi connectivity index (χ0v) is 15.1. The summed E-state index contributed by atoms with van der Waals surface area (Å²) in [5.74, 6) is 0. The highest BCUT2D eigenvalue weighted by atomic mass is 32.1. The molecule has 0 bridgehead atoms. The van der Waals surface area contributed by atoms with E-state index in [1.165, 1.54) is 37.7 Å². The van der Waals surface area contributed by atoms with Crippen LogP contribution in [0.2, 0.25) is 18.1 Å². The highest BCUT2D eigenvalue weighted by molar-refractivity contribution is 7.07. The van der Waals surface area contributed by atoms with Gasteiger partial charge in [0.25, 0.3) is 0 Å². The maximum atomic E-state index is 6.19. The number of hydrogen-bond donors (Lipinski definition) is 0. The second-order valence-corrected chi connectivity index (χ2v) is 12.5. The number of unbranched alkanes of at least 4 members (excludes halogenated alkanes) is 3. The minimum absolute atomic E-state index is 0.339. The molecule has 0 saturated heterocycles. The Morgan fingerprint density at radius 3 is 2.37 bits per heavy atom. The fourth-order valence-electron chi connectivity index (χ4n) is 1.76. The molecule has 0 radical (unpaired) electrons. The highest BCUT2D eigenvalue weighted by Gasteiger charge is 2.36. The van der Waals surface area contributed by atoms with Gasteiger partial charge in [-0.3, -0.25) is 0 Å². The molecule has 0 atom stereocenters. The van der Waals surface area contributed by atoms with Gasteiger partial charge in [-0.1, -0.05) is 33.6 Å². The van der Waals surface area contributed by atoms with E-state index in [0.29, 0.717) is 5.04 Å². The van der Waals surface area contributed by atoms with Gasteiger partial charge in [0, 0.05) is 6.61 Å². The summed E-state index contributed by atoms with van der Waals surface area (Å²) < 4.78 is 6.19. The normalized spacial score (nSPS) is 12.9. The molecular formula is C16H30OSSi. The molecule has 19 heavy (non-hydrogen) atoms. The third kappa shape index (κ3) is 6.24. The first-order valence-electron chi connectivity index (χ1n) is 7.48. The molecular weight excluding hydrogens is 268 g/mol. The van der Waals surface area contributed by atoms with Crippen LogP contribution < -0.4 is 0 Å². The minimum atomic E-state index is -1.52. The minimum Gasteiger partial charge on any atom is -0.417 e. The number of thiophene rings is 1. The molecule has 0 aliphatic heterocycles. The maximum Gasteiger partial charge on any atom is 0.191 e. The maximum absolute atomic E-state index is 6.19. The van der Waals surface area contributed by atoms with Gasteiger partial charge in [0.2, 0.25) is 0 Å². The summed E-state index contributed by atoms with van der Waals surface area (Å²) in [6, 6.07) is 2.24. The van der Waals surface area contributed by atoms with Gasteiger partial charge in [0.1, 0.15) is 0 Å². The third-order valence-corrected chi connectivity index (χ3v) is 9.48. The highest BCUT2D eigenvalue weighted by Crippen LogP contribution is 2.36. The molecule has 0 aliphatic rings. The lowest BCUT2D eigenvalue weighted by Crippen LogP contribution is -2.40. The third-order valence-electron chi connectivity index (χ3n) is 4.21. The Bertz CT molecular complexity index is 338. The zero-order valence-electron chi connectivity index (χ0n) is 13.3. The summed E-state index contributed by atoms with van der Waals surface area (Å²) in [4.78, 5) is 0. The zero-order chi connectivity index (χ0) is 14.4. The first-order valence-corrected chi connectivity index (χ1v) is 11.3. The lowest BCUT2D eigenvalue weighted by Gasteiger charge is -2.36. The van der Waals surface area contributed by atoms with Crippen LogP contribution in [-0.2, 0) is 10.8 Å². The Labute approximate surface area is 124 Å². The molecule has 0 amide bonds. The fraction of sp³-hybridized carbons (Fsp3) is 0.750. The van der Waals surface area contributed by atoms with Crippen LogP contribution in [-0.4, -0.2) is 14.9 Å². The van der Waals surface area contributed by atoms with Crippen molar-refractivity contribution in [3.63, 3.8) is 0 Å². The topological polar surface area (TPSA) is 9.23 Å². The Hall–Kier alpha value is -0.123. The summed E-state index contributed by atoms with van der Waals surface area (Å²) in [5, 5.41) is 4.77. The SMILES string of the molecule is CC(C)(C)[Si](C)(C)OCCCCCCc1ccsc1. The number of hydrogen-bond acceptors (Lipinski definition) is 2. The largest absolute Gasteiger partial charge is 0.417 e. The predicted octanol–water partition coefficient (Wildman–Crippen LogP) is 5.87. The van der Waals surface area contributed by atoms with Crippen molar-refractivity contribution in [2.24, 2.45) is 0 Å². The Kier molecular flexibility index (Phi) is 6.78. The van der Waals surface area contributed by atoms with Crippen molar-refractivity contribution in [2.75, 3.05) is 6.61 Å². The van der Waals surface area contributed by atoms with Gasteiger partial charge < -0.3 is 4.43 Å². The lowest BCUT2D eigenvalue weighted by molar-refractivity contribution is 0.277. The Morgan fingerprint density at radius 1 is 1.11 bits per heavy atom. The van der Waals surface area contributed by atoms with Crippen LogP contribution in [0, 0.1) is 0 Å². The molecule has 3 heteroatoms. The van der Waals surface area contributed by atoms with Crippen LogP contribution in [0.15, 0.2) is 16.8 Å². The first-order chi connectivity index (χ1) is 8.83. The van der Waals surface area contributed by atoms with Gasteiger partial charge in [0.15, 0.2) is 8.32 Å². The van der Waals surface area contributed by atoms with Gasteiger partial charge in [-0.05, 0) is 59.8 Å². The summed E-state index contributed by atoms with van der Waals surface area (Å²) in [6.07, 6.45) is 6.41. The van der Waals surface area contributed by atoms with Crippen LogP contribution in [0.5, 0.6) is 0 Å². The van der Waals surface area contributed by atoms with Crippen molar-refractivity contribution < 1.29 is 4.43 Å². The summed E-state index contributed by atoms with van der Waals surface area (Å²) in [5.41, 5.74) is 1.50. The summed E-state index contributed by atoms with van der Waals surface area (Å²) >= 11 is 1.80. The molecule has 0 aromatic carbocycles. The molecule has 1 heterocycles. The van der Waals surface area contributed by atoms with Gasteiger partial charge in [-0.15, -0.1) is 0 Å². The van der Waals surface area contributed by atoms with Crippen molar-refractivity contribution in [3.8, 4) is 0 Å². The fourth-order valence-corrected chi connectivity index (χ4v) is 3.55. The average Bonchev–Trinajstić information content (AvgIpc) is 2.79. The Balaban J connectivity index is 2.02. The van der Waals surface area contributed by atoms with Crippen molar-refractivity contribution in [1.29, 1.82) is 0 Å². The summed E-state index contributed by atoms with van der Waals surface area (Å²) in [6.45, 7) is 12.5. The average molecular weight is 299 g/mol. The second-order valence-electron chi connectivity index (χ2n) is 6.90. The van der Waals surface area contributed by atoms with Crippen molar-refractivity contribution >= 4 is 19.7 Å². The van der Waals surface area contributed by atoms with Crippen LogP contribution in [0.1, 0.15) is 52.0 Å². The van der Waals surface area contributed by atoms with E-state index in [4.69, 9.17) is 4.43 Å². The first kappa shape index (κ1) is 16.9. The van der Waals surface area contributed by atoms with Crippen LogP contribution in [0.25, 0.3) is 0 Å². The van der Waals surface area contributed by atoms with E-state index in [1.807, 2.05) is 0 Å². The van der Waals surface area contributed by atoms with Crippen molar-refractivity contribution in [3.05, 3.63) is 22.4 Å². The quantitative estimate of drug-likeness (QED) is 0.430. The van der Waals surface area contributed by atoms with E-state index < -0.39 is 8.32 Å². The van der Waals surface area contributed by atoms with Crippen LogP contribution >= 0.6 is 11.3 Å². The molecule has 1 nitrogen and oxygen atoms in total. The van der Waals surface area contributed by atoms with E-state index in [1.54, 1.807) is 11.3 Å². The number of rotatable bonds is 8. The lowest BCUT2D eigenvalue weighted by atomic mass is 10.1. The van der Waals surface area contributed by atoms with Gasteiger partial charge >= 0.3 is 0 Å². The molecule has 0 spiro atoms. The van der Waals surface area contributed by atoms with Crippen molar-refractivity contribution in [1.82, 2.24) is 0 Å². The van der Waals surface area contributed by atoms with E-state index >= 15 is 0 Å². The molecule has 110 valence electrons. The van der Waals surface area contributed by atoms with Crippen molar-refractivity contribution in [2.45, 2.75) is 71.0 Å². The van der Waals surface area contributed by atoms with Gasteiger partial charge in [-0.25, -0.2) is 0 Å². The smallest absolute Gasteiger partial charge is 0.191 e. The van der Waals surface area contributed by atoms with E-state index in [9.17, 15) is 0 Å². The molecule has 0 aliphatic carbocycles. The van der Waals surface area contributed by atoms with E-state index in [-0.39, 0.29) is 0 Å². The molecule has 0 unspecified atom stereocenters. The number of aryl methyl sites for hydroxylation is 1. The molecule has 0 N–H and O–H groups in total. The molecule has 1 aromatic rings. The summed E-state index contributed by atoms with van der Waals surface area (Å²) in [7, 11) is -1.52. The van der Waals surface area contributed by atoms with Gasteiger partial charge in [0.05, 0.1) is 0 Å². The molecule has 1 rings (SSSR count).